The van der Waals surface area contributed by atoms with Crippen LogP contribution >= 0.6 is 27.5 Å². The van der Waals surface area contributed by atoms with E-state index in [1.807, 2.05) is 12.1 Å². The third kappa shape index (κ3) is 3.15. The van der Waals surface area contributed by atoms with E-state index in [1.54, 1.807) is 0 Å². The molecule has 2 N–H and O–H groups in total. The standard InChI is InChI=1S/C16H23BrClN3/c1-20-12-3-4-13(20)10-21(7-6-12)16(9-19)14-8-11(18)2-5-15(14)17/h2,5,8,12-13,16H,3-4,6-7,9-10,19H2,1H3. The topological polar surface area (TPSA) is 32.5 Å². The second-order valence-corrected chi connectivity index (χ2v) is 7.54. The minimum atomic E-state index is 0.242. The first-order valence-corrected chi connectivity index (χ1v) is 8.88. The van der Waals surface area contributed by atoms with Crippen molar-refractivity contribution in [3.8, 4) is 0 Å². The third-order valence-electron chi connectivity index (χ3n) is 5.16. The maximum absolute atomic E-state index is 6.19. The summed E-state index contributed by atoms with van der Waals surface area (Å²) in [5.74, 6) is 0. The van der Waals surface area contributed by atoms with Gasteiger partial charge in [0.2, 0.25) is 0 Å². The van der Waals surface area contributed by atoms with Crippen molar-refractivity contribution in [3.63, 3.8) is 0 Å². The van der Waals surface area contributed by atoms with Crippen LogP contribution in [0, 0.1) is 0 Å². The average molecular weight is 373 g/mol. The molecule has 0 amide bonds. The molecule has 3 rings (SSSR count). The largest absolute Gasteiger partial charge is 0.329 e. The Morgan fingerprint density at radius 3 is 2.86 bits per heavy atom. The van der Waals surface area contributed by atoms with E-state index in [0.29, 0.717) is 12.6 Å². The second-order valence-electron chi connectivity index (χ2n) is 6.25. The summed E-state index contributed by atoms with van der Waals surface area (Å²) in [5.41, 5.74) is 7.33. The minimum absolute atomic E-state index is 0.242. The Balaban J connectivity index is 1.84. The summed E-state index contributed by atoms with van der Waals surface area (Å²) in [6, 6.07) is 7.66. The normalized spacial score (nSPS) is 28.6. The van der Waals surface area contributed by atoms with E-state index in [-0.39, 0.29) is 6.04 Å². The smallest absolute Gasteiger partial charge is 0.0482 e. The molecule has 2 fully saturated rings. The molecule has 2 bridgehead atoms. The lowest BCUT2D eigenvalue weighted by Crippen LogP contribution is -2.40. The Hall–Kier alpha value is -0.130. The fraction of sp³-hybridized carbons (Fsp3) is 0.625. The fourth-order valence-electron chi connectivity index (χ4n) is 3.86. The number of nitrogens with zero attached hydrogens (tertiary/aromatic N) is 2. The molecule has 3 atom stereocenters. The van der Waals surface area contributed by atoms with Gasteiger partial charge in [0.1, 0.15) is 0 Å². The number of likely N-dealkylation sites (tertiary alicyclic amines) is 1. The molecule has 5 heteroatoms. The van der Waals surface area contributed by atoms with Gasteiger partial charge < -0.3 is 5.73 Å². The number of benzene rings is 1. The van der Waals surface area contributed by atoms with E-state index in [2.05, 4.69) is 38.8 Å². The molecule has 21 heavy (non-hydrogen) atoms. The van der Waals surface area contributed by atoms with Gasteiger partial charge in [-0.25, -0.2) is 0 Å². The van der Waals surface area contributed by atoms with E-state index < -0.39 is 0 Å². The van der Waals surface area contributed by atoms with Gasteiger partial charge in [0.05, 0.1) is 0 Å². The van der Waals surface area contributed by atoms with E-state index in [0.717, 1.165) is 28.6 Å². The number of halogens is 2. The molecular formula is C16H23BrClN3. The predicted octanol–water partition coefficient (Wildman–Crippen LogP) is 3.27. The monoisotopic (exact) mass is 371 g/mol. The predicted molar refractivity (Wildman–Crippen MR) is 91.7 cm³/mol. The number of hydrogen-bond acceptors (Lipinski definition) is 3. The number of fused-ring (bicyclic) bond motifs is 2. The van der Waals surface area contributed by atoms with Crippen molar-refractivity contribution in [2.24, 2.45) is 5.73 Å². The zero-order chi connectivity index (χ0) is 15.0. The van der Waals surface area contributed by atoms with Crippen molar-refractivity contribution >= 4 is 27.5 Å². The summed E-state index contributed by atoms with van der Waals surface area (Å²) < 4.78 is 1.10. The minimum Gasteiger partial charge on any atom is -0.329 e. The maximum Gasteiger partial charge on any atom is 0.0482 e. The van der Waals surface area contributed by atoms with Crippen LogP contribution in [0.4, 0.5) is 0 Å². The van der Waals surface area contributed by atoms with Gasteiger partial charge in [-0.05, 0) is 50.1 Å². The van der Waals surface area contributed by atoms with Crippen molar-refractivity contribution in [1.29, 1.82) is 0 Å². The zero-order valence-electron chi connectivity index (χ0n) is 12.4. The highest BCUT2D eigenvalue weighted by Gasteiger charge is 2.36. The number of rotatable bonds is 3. The van der Waals surface area contributed by atoms with Crippen molar-refractivity contribution in [3.05, 3.63) is 33.3 Å². The van der Waals surface area contributed by atoms with Crippen LogP contribution in [0.3, 0.4) is 0 Å². The van der Waals surface area contributed by atoms with E-state index >= 15 is 0 Å². The van der Waals surface area contributed by atoms with Crippen LogP contribution in [0.15, 0.2) is 22.7 Å². The van der Waals surface area contributed by atoms with Gasteiger partial charge in [-0.15, -0.1) is 0 Å². The summed E-state index contributed by atoms with van der Waals surface area (Å²) >= 11 is 9.85. The molecule has 0 aliphatic carbocycles. The highest BCUT2D eigenvalue weighted by molar-refractivity contribution is 9.10. The molecule has 2 heterocycles. The van der Waals surface area contributed by atoms with Gasteiger partial charge in [-0.3, -0.25) is 9.80 Å². The summed E-state index contributed by atoms with van der Waals surface area (Å²) in [5, 5.41) is 0.778. The lowest BCUT2D eigenvalue weighted by Gasteiger charge is -2.33. The van der Waals surface area contributed by atoms with Crippen LogP contribution in [0.1, 0.15) is 30.9 Å². The van der Waals surface area contributed by atoms with Gasteiger partial charge in [-0.1, -0.05) is 27.5 Å². The van der Waals surface area contributed by atoms with Crippen molar-refractivity contribution < 1.29 is 0 Å². The number of likely N-dealkylation sites (N-methyl/N-ethyl adjacent to an activating group) is 1. The molecule has 1 aromatic rings. The molecule has 2 saturated heterocycles. The zero-order valence-corrected chi connectivity index (χ0v) is 14.8. The first-order chi connectivity index (χ1) is 10.1. The van der Waals surface area contributed by atoms with Crippen LogP contribution in [0.5, 0.6) is 0 Å². The van der Waals surface area contributed by atoms with Crippen LogP contribution in [0.2, 0.25) is 5.02 Å². The van der Waals surface area contributed by atoms with E-state index in [1.165, 1.54) is 24.8 Å². The maximum atomic E-state index is 6.19. The van der Waals surface area contributed by atoms with Gasteiger partial charge >= 0.3 is 0 Å². The molecule has 0 saturated carbocycles. The van der Waals surface area contributed by atoms with Crippen molar-refractivity contribution in [2.75, 3.05) is 26.7 Å². The van der Waals surface area contributed by atoms with Gasteiger partial charge in [0.25, 0.3) is 0 Å². The lowest BCUT2D eigenvalue weighted by molar-refractivity contribution is 0.174. The van der Waals surface area contributed by atoms with Crippen LogP contribution in [-0.4, -0.2) is 48.6 Å². The first kappa shape index (κ1) is 15.8. The summed E-state index contributed by atoms with van der Waals surface area (Å²) in [4.78, 5) is 5.12. The van der Waals surface area contributed by atoms with Gasteiger partial charge in [0, 0.05) is 47.3 Å². The first-order valence-electron chi connectivity index (χ1n) is 7.71. The van der Waals surface area contributed by atoms with Crippen molar-refractivity contribution in [1.82, 2.24) is 9.80 Å². The summed E-state index contributed by atoms with van der Waals surface area (Å²) in [7, 11) is 2.28. The van der Waals surface area contributed by atoms with Crippen molar-refractivity contribution in [2.45, 2.75) is 37.4 Å². The Bertz CT molecular complexity index is 510. The Labute approximate surface area is 140 Å². The van der Waals surface area contributed by atoms with Crippen LogP contribution in [-0.2, 0) is 0 Å². The van der Waals surface area contributed by atoms with E-state index in [4.69, 9.17) is 17.3 Å². The SMILES string of the molecule is CN1C2CCC1CN(C(CN)c1cc(Cl)ccc1Br)CC2. The van der Waals surface area contributed by atoms with Gasteiger partial charge in [-0.2, -0.15) is 0 Å². The molecule has 2 aliphatic rings. The van der Waals surface area contributed by atoms with Gasteiger partial charge in [0.15, 0.2) is 0 Å². The number of nitrogens with two attached hydrogens (primary N) is 1. The molecule has 3 unspecified atom stereocenters. The number of hydrogen-bond donors (Lipinski definition) is 1. The van der Waals surface area contributed by atoms with Crippen LogP contribution < -0.4 is 5.73 Å². The molecule has 0 radical (unpaired) electrons. The third-order valence-corrected chi connectivity index (χ3v) is 6.12. The quantitative estimate of drug-likeness (QED) is 0.884. The molecular weight excluding hydrogens is 350 g/mol. The molecule has 1 aromatic carbocycles. The highest BCUT2D eigenvalue weighted by atomic mass is 79.9. The molecule has 0 aromatic heterocycles. The second kappa shape index (κ2) is 6.55. The average Bonchev–Trinajstić information content (AvgIpc) is 2.70. The summed E-state index contributed by atoms with van der Waals surface area (Å²) in [6.07, 6.45) is 3.90. The lowest BCUT2D eigenvalue weighted by atomic mass is 10.0. The molecule has 116 valence electrons. The van der Waals surface area contributed by atoms with E-state index in [9.17, 15) is 0 Å². The Morgan fingerprint density at radius 1 is 1.33 bits per heavy atom. The summed E-state index contributed by atoms with van der Waals surface area (Å²) in [6.45, 7) is 2.85. The molecule has 3 nitrogen and oxygen atoms in total. The highest BCUT2D eigenvalue weighted by Crippen LogP contribution is 2.35. The molecule has 0 spiro atoms. The van der Waals surface area contributed by atoms with Crippen LogP contribution in [0.25, 0.3) is 0 Å². The Kier molecular flexibility index (Phi) is 4.91. The molecule has 2 aliphatic heterocycles. The fourth-order valence-corrected chi connectivity index (χ4v) is 4.55. The Morgan fingerprint density at radius 2 is 2.10 bits per heavy atom.